The molecule has 1 aliphatic heterocycles. The first kappa shape index (κ1) is 7.22. The minimum Gasteiger partial charge on any atom is -0.458 e. The quantitative estimate of drug-likeness (QED) is 0.659. The second kappa shape index (κ2) is 3.30. The van der Waals surface area contributed by atoms with E-state index in [9.17, 15) is 0 Å². The Morgan fingerprint density at radius 1 is 1.25 bits per heavy atom. The molecule has 0 spiro atoms. The molecule has 0 aliphatic carbocycles. The van der Waals surface area contributed by atoms with Gasteiger partial charge < -0.3 is 9.47 Å². The van der Waals surface area contributed by atoms with Gasteiger partial charge in [0.2, 0.25) is 12.6 Å². The van der Waals surface area contributed by atoms with E-state index in [0.29, 0.717) is 0 Å². The van der Waals surface area contributed by atoms with Crippen molar-refractivity contribution in [1.29, 1.82) is 0 Å². The molecule has 1 unspecified atom stereocenters. The molecule has 0 fully saturated rings. The average molecular weight is 161 g/mol. The summed E-state index contributed by atoms with van der Waals surface area (Å²) in [7, 11) is 0. The van der Waals surface area contributed by atoms with Crippen LogP contribution in [0, 0.1) is 6.26 Å². The number of hydrogen-bond acceptors (Lipinski definition) is 2. The fourth-order valence-electron chi connectivity index (χ4n) is 1.13. The maximum Gasteiger partial charge on any atom is 0.244 e. The van der Waals surface area contributed by atoms with E-state index in [4.69, 9.17) is 9.47 Å². The van der Waals surface area contributed by atoms with Crippen LogP contribution < -0.4 is 0 Å². The van der Waals surface area contributed by atoms with E-state index in [-0.39, 0.29) is 6.29 Å². The highest BCUT2D eigenvalue weighted by Gasteiger charge is 2.12. The summed E-state index contributed by atoms with van der Waals surface area (Å²) in [4.78, 5) is 0. The average Bonchev–Trinajstić information content (AvgIpc) is 2.59. The second-order valence-electron chi connectivity index (χ2n) is 2.61. The van der Waals surface area contributed by atoms with Crippen molar-refractivity contribution in [3.63, 3.8) is 0 Å². The van der Waals surface area contributed by atoms with Crippen LogP contribution in [0.4, 0.5) is 0 Å². The first-order valence-electron chi connectivity index (χ1n) is 3.87. The maximum absolute atomic E-state index is 5.10. The van der Waals surface area contributed by atoms with Gasteiger partial charge >= 0.3 is 0 Å². The molecule has 2 heteroatoms. The molecule has 0 saturated carbocycles. The first-order valence-corrected chi connectivity index (χ1v) is 3.87. The van der Waals surface area contributed by atoms with E-state index < -0.39 is 0 Å². The molecule has 2 nitrogen and oxygen atoms in total. The number of benzene rings is 1. The summed E-state index contributed by atoms with van der Waals surface area (Å²) < 4.78 is 10.1. The normalized spacial score (nSPS) is 15.7. The van der Waals surface area contributed by atoms with Gasteiger partial charge in [-0.15, -0.1) is 0 Å². The van der Waals surface area contributed by atoms with Crippen LogP contribution in [0.1, 0.15) is 5.56 Å². The molecule has 1 aliphatic rings. The van der Waals surface area contributed by atoms with Gasteiger partial charge in [0.15, 0.2) is 0 Å². The Labute approximate surface area is 71.4 Å². The van der Waals surface area contributed by atoms with Crippen molar-refractivity contribution in [1.82, 2.24) is 0 Å². The Morgan fingerprint density at radius 3 is 2.75 bits per heavy atom. The van der Waals surface area contributed by atoms with Gasteiger partial charge in [0.25, 0.3) is 0 Å². The number of rotatable bonds is 2. The molecule has 1 heterocycles. The smallest absolute Gasteiger partial charge is 0.244 e. The topological polar surface area (TPSA) is 18.5 Å². The van der Waals surface area contributed by atoms with E-state index in [1.165, 1.54) is 11.8 Å². The van der Waals surface area contributed by atoms with Crippen LogP contribution in [0.5, 0.6) is 0 Å². The standard InChI is InChI=1S/C10H9O2/c1-2-4-9(5-3-1)8-10-11-6-7-12-10/h1-6,10H,8H2. The third-order valence-corrected chi connectivity index (χ3v) is 1.71. The molecule has 0 aromatic heterocycles. The van der Waals surface area contributed by atoms with Crippen LogP contribution in [-0.4, -0.2) is 6.29 Å². The first-order chi connectivity index (χ1) is 5.95. The minimum atomic E-state index is -0.188. The molecule has 0 saturated heterocycles. The van der Waals surface area contributed by atoms with Crippen molar-refractivity contribution in [3.05, 3.63) is 48.4 Å². The van der Waals surface area contributed by atoms with E-state index in [1.54, 1.807) is 0 Å². The highest BCUT2D eigenvalue weighted by molar-refractivity contribution is 5.15. The van der Waals surface area contributed by atoms with Gasteiger partial charge in [0.05, 0.1) is 0 Å². The van der Waals surface area contributed by atoms with Gasteiger partial charge in [-0.1, -0.05) is 30.3 Å². The molecule has 1 radical (unpaired) electrons. The second-order valence-corrected chi connectivity index (χ2v) is 2.61. The summed E-state index contributed by atoms with van der Waals surface area (Å²) in [5.74, 6) is 0. The summed E-state index contributed by atoms with van der Waals surface area (Å²) in [5, 5.41) is 0. The van der Waals surface area contributed by atoms with E-state index in [1.807, 2.05) is 30.3 Å². The summed E-state index contributed by atoms with van der Waals surface area (Å²) in [6.45, 7) is 0. The van der Waals surface area contributed by atoms with Crippen molar-refractivity contribution in [2.45, 2.75) is 12.7 Å². The Kier molecular flexibility index (Phi) is 1.99. The van der Waals surface area contributed by atoms with Gasteiger partial charge in [-0.05, 0) is 5.56 Å². The van der Waals surface area contributed by atoms with E-state index in [2.05, 4.69) is 6.26 Å². The highest BCUT2D eigenvalue weighted by Crippen LogP contribution is 2.11. The van der Waals surface area contributed by atoms with Crippen LogP contribution in [0.15, 0.2) is 36.6 Å². The van der Waals surface area contributed by atoms with Gasteiger partial charge in [-0.2, -0.15) is 0 Å². The molecule has 1 aromatic carbocycles. The lowest BCUT2D eigenvalue weighted by Gasteiger charge is -2.08. The van der Waals surface area contributed by atoms with E-state index >= 15 is 0 Å². The molecule has 2 rings (SSSR count). The predicted octanol–water partition coefficient (Wildman–Crippen LogP) is 1.88. The number of hydrogen-bond donors (Lipinski definition) is 0. The molecule has 0 N–H and O–H groups in total. The summed E-state index contributed by atoms with van der Waals surface area (Å²) in [6, 6.07) is 10.1. The van der Waals surface area contributed by atoms with Crippen molar-refractivity contribution in [2.24, 2.45) is 0 Å². The largest absolute Gasteiger partial charge is 0.458 e. The summed E-state index contributed by atoms with van der Waals surface area (Å²) >= 11 is 0. The summed E-state index contributed by atoms with van der Waals surface area (Å²) in [6.07, 6.45) is 4.58. The van der Waals surface area contributed by atoms with Gasteiger partial charge in [0.1, 0.15) is 6.26 Å². The van der Waals surface area contributed by atoms with Crippen LogP contribution >= 0.6 is 0 Å². The van der Waals surface area contributed by atoms with Gasteiger partial charge in [0, 0.05) is 6.42 Å². The molecule has 12 heavy (non-hydrogen) atoms. The maximum atomic E-state index is 5.10. The zero-order chi connectivity index (χ0) is 8.23. The Bertz CT molecular complexity index is 258. The Morgan fingerprint density at radius 2 is 2.08 bits per heavy atom. The molecular formula is C10H9O2. The van der Waals surface area contributed by atoms with Crippen LogP contribution in [0.2, 0.25) is 0 Å². The lowest BCUT2D eigenvalue weighted by Crippen LogP contribution is -2.10. The Balaban J connectivity index is 1.95. The van der Waals surface area contributed by atoms with Crippen molar-refractivity contribution >= 4 is 0 Å². The highest BCUT2D eigenvalue weighted by atomic mass is 16.7. The molecule has 1 atom stereocenters. The van der Waals surface area contributed by atoms with Crippen molar-refractivity contribution < 1.29 is 9.47 Å². The number of ether oxygens (including phenoxy) is 2. The predicted molar refractivity (Wildman–Crippen MR) is 43.9 cm³/mol. The molecule has 1 aromatic rings. The third kappa shape index (κ3) is 1.59. The molecule has 61 valence electrons. The van der Waals surface area contributed by atoms with Crippen LogP contribution in [0.3, 0.4) is 0 Å². The van der Waals surface area contributed by atoms with Crippen molar-refractivity contribution in [3.8, 4) is 0 Å². The third-order valence-electron chi connectivity index (χ3n) is 1.71. The SMILES string of the molecule is [C]1=COC(Cc2ccccc2)O1. The van der Waals surface area contributed by atoms with Gasteiger partial charge in [-0.3, -0.25) is 0 Å². The fraction of sp³-hybridized carbons (Fsp3) is 0.200. The zero-order valence-corrected chi connectivity index (χ0v) is 6.57. The minimum absolute atomic E-state index is 0.188. The van der Waals surface area contributed by atoms with E-state index in [0.717, 1.165) is 6.42 Å². The van der Waals surface area contributed by atoms with Gasteiger partial charge in [-0.25, -0.2) is 0 Å². The molecule has 0 amide bonds. The molecule has 0 bridgehead atoms. The monoisotopic (exact) mass is 161 g/mol. The lowest BCUT2D eigenvalue weighted by molar-refractivity contribution is -0.0264. The lowest BCUT2D eigenvalue weighted by atomic mass is 10.1. The molecular weight excluding hydrogens is 152 g/mol. The van der Waals surface area contributed by atoms with Crippen molar-refractivity contribution in [2.75, 3.05) is 0 Å². The Hall–Kier alpha value is -1.44. The summed E-state index contributed by atoms with van der Waals surface area (Å²) in [5.41, 5.74) is 1.21. The fourth-order valence-corrected chi connectivity index (χ4v) is 1.13. The van der Waals surface area contributed by atoms with Crippen LogP contribution in [-0.2, 0) is 15.9 Å². The zero-order valence-electron chi connectivity index (χ0n) is 6.57. The van der Waals surface area contributed by atoms with Crippen LogP contribution in [0.25, 0.3) is 0 Å².